The van der Waals surface area contributed by atoms with Crippen LogP contribution in [0.3, 0.4) is 0 Å². The number of nitrogens with zero attached hydrogens (tertiary/aromatic N) is 4. The summed E-state index contributed by atoms with van der Waals surface area (Å²) in [4.78, 5) is 16.3. The van der Waals surface area contributed by atoms with Gasteiger partial charge in [0.05, 0.1) is 32.3 Å². The number of rotatable bonds is 5. The molecule has 3 aromatic rings. The van der Waals surface area contributed by atoms with E-state index >= 15 is 0 Å². The molecule has 1 aromatic heterocycles. The lowest BCUT2D eigenvalue weighted by atomic mass is 9.98. The predicted molar refractivity (Wildman–Crippen MR) is 110 cm³/mol. The van der Waals surface area contributed by atoms with Gasteiger partial charge in [-0.05, 0) is 35.9 Å². The molecule has 0 saturated carbocycles. The SMILES string of the molecule is COc1ccc(C2=NN(C(C)=O)C(c3ccc(-n4ccnc4)cc3)C2)cc1OC. The topological polar surface area (TPSA) is 69.0 Å². The lowest BCUT2D eigenvalue weighted by molar-refractivity contribution is -0.130. The van der Waals surface area contributed by atoms with Gasteiger partial charge in [-0.1, -0.05) is 12.1 Å². The maximum absolute atomic E-state index is 12.2. The average molecular weight is 390 g/mol. The van der Waals surface area contributed by atoms with Crippen LogP contribution in [0.4, 0.5) is 0 Å². The highest BCUT2D eigenvalue weighted by atomic mass is 16.5. The number of carbonyl (C=O) groups excluding carboxylic acids is 1. The van der Waals surface area contributed by atoms with E-state index in [1.165, 1.54) is 6.92 Å². The number of hydrogen-bond acceptors (Lipinski definition) is 5. The third-order valence-corrected chi connectivity index (χ3v) is 5.03. The van der Waals surface area contributed by atoms with Crippen molar-refractivity contribution < 1.29 is 14.3 Å². The molecule has 7 nitrogen and oxygen atoms in total. The second kappa shape index (κ2) is 7.79. The van der Waals surface area contributed by atoms with E-state index in [0.717, 1.165) is 22.5 Å². The van der Waals surface area contributed by atoms with Crippen molar-refractivity contribution in [1.29, 1.82) is 0 Å². The zero-order valence-corrected chi connectivity index (χ0v) is 16.6. The van der Waals surface area contributed by atoms with Crippen LogP contribution in [0.2, 0.25) is 0 Å². The van der Waals surface area contributed by atoms with Crippen molar-refractivity contribution in [2.24, 2.45) is 5.10 Å². The number of carbonyl (C=O) groups is 1. The molecule has 0 aliphatic carbocycles. The zero-order chi connectivity index (χ0) is 20.4. The molecule has 0 saturated heterocycles. The van der Waals surface area contributed by atoms with E-state index in [-0.39, 0.29) is 11.9 Å². The van der Waals surface area contributed by atoms with Gasteiger partial charge in [-0.25, -0.2) is 9.99 Å². The Hall–Kier alpha value is -3.61. The molecular formula is C22H22N4O3. The summed E-state index contributed by atoms with van der Waals surface area (Å²) in [5.41, 5.74) is 3.79. The molecule has 0 bridgehead atoms. The van der Waals surface area contributed by atoms with Crippen LogP contribution in [-0.4, -0.2) is 40.4 Å². The highest BCUT2D eigenvalue weighted by molar-refractivity contribution is 6.03. The highest BCUT2D eigenvalue weighted by Crippen LogP contribution is 2.35. The molecule has 148 valence electrons. The first kappa shape index (κ1) is 18.7. The minimum absolute atomic E-state index is 0.0934. The predicted octanol–water partition coefficient (Wildman–Crippen LogP) is 3.59. The molecule has 1 aliphatic heterocycles. The highest BCUT2D eigenvalue weighted by Gasteiger charge is 2.31. The number of hydrogen-bond donors (Lipinski definition) is 0. The lowest BCUT2D eigenvalue weighted by Crippen LogP contribution is -2.24. The van der Waals surface area contributed by atoms with Gasteiger partial charge in [-0.15, -0.1) is 0 Å². The van der Waals surface area contributed by atoms with E-state index in [2.05, 4.69) is 10.1 Å². The second-order valence-electron chi connectivity index (χ2n) is 6.76. The van der Waals surface area contributed by atoms with Crippen LogP contribution < -0.4 is 9.47 Å². The minimum atomic E-state index is -0.146. The third-order valence-electron chi connectivity index (χ3n) is 5.03. The molecule has 0 spiro atoms. The van der Waals surface area contributed by atoms with Gasteiger partial charge in [-0.2, -0.15) is 5.10 Å². The van der Waals surface area contributed by atoms with Crippen LogP contribution in [0.15, 0.2) is 66.3 Å². The first-order chi connectivity index (χ1) is 14.1. The number of methoxy groups -OCH3 is 2. The van der Waals surface area contributed by atoms with Crippen molar-refractivity contribution >= 4 is 11.6 Å². The fraction of sp³-hybridized carbons (Fsp3) is 0.227. The second-order valence-corrected chi connectivity index (χ2v) is 6.76. The van der Waals surface area contributed by atoms with E-state index in [1.807, 2.05) is 53.2 Å². The Kier molecular flexibility index (Phi) is 5.03. The van der Waals surface area contributed by atoms with Crippen molar-refractivity contribution in [2.45, 2.75) is 19.4 Å². The monoisotopic (exact) mass is 390 g/mol. The maximum atomic E-state index is 12.2. The maximum Gasteiger partial charge on any atom is 0.240 e. The summed E-state index contributed by atoms with van der Waals surface area (Å²) in [5.74, 6) is 1.20. The number of imidazole rings is 1. The van der Waals surface area contributed by atoms with Crippen LogP contribution in [0.1, 0.15) is 30.5 Å². The number of hydrazone groups is 1. The summed E-state index contributed by atoms with van der Waals surface area (Å²) in [6.07, 6.45) is 6.01. The van der Waals surface area contributed by atoms with Crippen LogP contribution in [0, 0.1) is 0 Å². The van der Waals surface area contributed by atoms with Crippen molar-refractivity contribution in [3.05, 3.63) is 72.3 Å². The molecule has 0 radical (unpaired) electrons. The molecule has 0 N–H and O–H groups in total. The van der Waals surface area contributed by atoms with Gasteiger partial charge in [0, 0.05) is 37.0 Å². The van der Waals surface area contributed by atoms with Crippen LogP contribution in [-0.2, 0) is 4.79 Å². The van der Waals surface area contributed by atoms with E-state index in [0.29, 0.717) is 17.9 Å². The Morgan fingerprint density at radius 2 is 1.83 bits per heavy atom. The number of aromatic nitrogens is 2. The molecule has 1 unspecified atom stereocenters. The van der Waals surface area contributed by atoms with Crippen LogP contribution in [0.5, 0.6) is 11.5 Å². The Balaban J connectivity index is 1.62. The summed E-state index contributed by atoms with van der Waals surface area (Å²) >= 11 is 0. The van der Waals surface area contributed by atoms with Gasteiger partial charge in [0.1, 0.15) is 0 Å². The minimum Gasteiger partial charge on any atom is -0.493 e. The molecule has 0 fully saturated rings. The van der Waals surface area contributed by atoms with Gasteiger partial charge >= 0.3 is 0 Å². The van der Waals surface area contributed by atoms with Gasteiger partial charge < -0.3 is 14.0 Å². The summed E-state index contributed by atoms with van der Waals surface area (Å²) in [6.45, 7) is 1.54. The molecule has 2 heterocycles. The summed E-state index contributed by atoms with van der Waals surface area (Å²) in [6, 6.07) is 13.6. The molecule has 1 atom stereocenters. The lowest BCUT2D eigenvalue weighted by Gasteiger charge is -2.20. The van der Waals surface area contributed by atoms with Crippen LogP contribution >= 0.6 is 0 Å². The Morgan fingerprint density at radius 3 is 2.45 bits per heavy atom. The standard InChI is InChI=1S/C22H22N4O3/c1-15(27)26-20(16-4-7-18(8-5-16)25-11-10-23-14-25)13-19(24-26)17-6-9-21(28-2)22(12-17)29-3/h4-12,14,20H,13H2,1-3H3. The fourth-order valence-electron chi connectivity index (χ4n) is 3.53. The molecule has 2 aromatic carbocycles. The van der Waals surface area contributed by atoms with E-state index in [9.17, 15) is 4.79 Å². The van der Waals surface area contributed by atoms with E-state index in [1.54, 1.807) is 31.8 Å². The molecule has 1 amide bonds. The van der Waals surface area contributed by atoms with Crippen LogP contribution in [0.25, 0.3) is 5.69 Å². The number of ether oxygens (including phenoxy) is 2. The normalized spacial score (nSPS) is 15.9. The van der Waals surface area contributed by atoms with Crippen molar-refractivity contribution in [3.8, 4) is 17.2 Å². The quantitative estimate of drug-likeness (QED) is 0.668. The van der Waals surface area contributed by atoms with E-state index in [4.69, 9.17) is 9.47 Å². The van der Waals surface area contributed by atoms with Crippen molar-refractivity contribution in [3.63, 3.8) is 0 Å². The molecule has 4 rings (SSSR count). The Bertz CT molecular complexity index is 1040. The van der Waals surface area contributed by atoms with Gasteiger partial charge in [-0.3, -0.25) is 4.79 Å². The van der Waals surface area contributed by atoms with Gasteiger partial charge in [0.25, 0.3) is 0 Å². The van der Waals surface area contributed by atoms with Crippen molar-refractivity contribution in [2.75, 3.05) is 14.2 Å². The van der Waals surface area contributed by atoms with Gasteiger partial charge in [0.2, 0.25) is 5.91 Å². The molecule has 29 heavy (non-hydrogen) atoms. The average Bonchev–Trinajstić information content (AvgIpc) is 3.43. The Labute approximate surface area is 169 Å². The summed E-state index contributed by atoms with van der Waals surface area (Å²) in [7, 11) is 3.20. The van der Waals surface area contributed by atoms with Crippen molar-refractivity contribution in [1.82, 2.24) is 14.6 Å². The number of amides is 1. The largest absolute Gasteiger partial charge is 0.493 e. The third kappa shape index (κ3) is 3.59. The smallest absolute Gasteiger partial charge is 0.240 e. The first-order valence-electron chi connectivity index (χ1n) is 9.28. The zero-order valence-electron chi connectivity index (χ0n) is 16.6. The van der Waals surface area contributed by atoms with Gasteiger partial charge in [0.15, 0.2) is 11.5 Å². The van der Waals surface area contributed by atoms with E-state index < -0.39 is 0 Å². The number of benzene rings is 2. The first-order valence-corrected chi connectivity index (χ1v) is 9.28. The summed E-state index contributed by atoms with van der Waals surface area (Å²) in [5, 5.41) is 6.16. The molecule has 7 heteroatoms. The summed E-state index contributed by atoms with van der Waals surface area (Å²) < 4.78 is 12.6. The fourth-order valence-corrected chi connectivity index (χ4v) is 3.53. The molecular weight excluding hydrogens is 368 g/mol. The Morgan fingerprint density at radius 1 is 1.07 bits per heavy atom. The molecule has 1 aliphatic rings.